The fraction of sp³-hybridized carbons (Fsp3) is 0.391. The second-order valence-electron chi connectivity index (χ2n) is 7.52. The van der Waals surface area contributed by atoms with Crippen molar-refractivity contribution in [3.63, 3.8) is 0 Å². The highest BCUT2D eigenvalue weighted by Gasteiger charge is 2.18. The molecular weight excluding hydrogens is 400 g/mol. The Bertz CT molecular complexity index is 821. The van der Waals surface area contributed by atoms with E-state index in [1.807, 2.05) is 49.4 Å². The Balaban J connectivity index is 1.31. The molecule has 2 aromatic carbocycles. The lowest BCUT2D eigenvalue weighted by Gasteiger charge is -2.36. The number of amides is 2. The zero-order valence-electron chi connectivity index (χ0n) is 17.3. The largest absolute Gasteiger partial charge is 0.369 e. The van der Waals surface area contributed by atoms with Crippen molar-refractivity contribution in [2.24, 2.45) is 0 Å². The molecule has 1 saturated heterocycles. The van der Waals surface area contributed by atoms with Gasteiger partial charge in [0.15, 0.2) is 0 Å². The molecule has 0 bridgehead atoms. The van der Waals surface area contributed by atoms with Crippen LogP contribution in [0.1, 0.15) is 24.9 Å². The summed E-state index contributed by atoms with van der Waals surface area (Å²) in [5.74, 6) is -1.17. The van der Waals surface area contributed by atoms with Crippen LogP contribution in [-0.4, -0.2) is 56.0 Å². The van der Waals surface area contributed by atoms with E-state index in [-0.39, 0.29) is 6.04 Å². The number of benzene rings is 2. The van der Waals surface area contributed by atoms with Gasteiger partial charge in [-0.15, -0.1) is 0 Å². The summed E-state index contributed by atoms with van der Waals surface area (Å²) in [6, 6.07) is 17.3. The molecule has 3 rings (SSSR count). The standard InChI is InChI=1S/C23H29ClN4O2/c1-18(19-6-3-2-4-7-19)26-23(30)22(29)25-12-5-13-27-14-16-28(17-15-27)21-10-8-20(24)9-11-21/h2-4,6-11,18H,5,12-17H2,1H3,(H,25,29)(H,26,30). The predicted octanol–water partition coefficient (Wildman–Crippen LogP) is 2.85. The van der Waals surface area contributed by atoms with Gasteiger partial charge in [-0.3, -0.25) is 14.5 Å². The number of carbonyl (C=O) groups excluding carboxylic acids is 2. The SMILES string of the molecule is CC(NC(=O)C(=O)NCCCN1CCN(c2ccc(Cl)cc2)CC1)c1ccccc1. The molecule has 30 heavy (non-hydrogen) atoms. The Labute approximate surface area is 183 Å². The number of nitrogens with one attached hydrogen (secondary N) is 2. The van der Waals surface area contributed by atoms with E-state index in [0.717, 1.165) is 49.7 Å². The number of rotatable bonds is 7. The predicted molar refractivity (Wildman–Crippen MR) is 121 cm³/mol. The van der Waals surface area contributed by atoms with E-state index >= 15 is 0 Å². The van der Waals surface area contributed by atoms with Gasteiger partial charge in [0.25, 0.3) is 0 Å². The van der Waals surface area contributed by atoms with E-state index in [0.29, 0.717) is 6.54 Å². The summed E-state index contributed by atoms with van der Waals surface area (Å²) in [6.07, 6.45) is 0.814. The molecule has 6 nitrogen and oxygen atoms in total. The molecule has 2 amide bonds. The highest BCUT2D eigenvalue weighted by atomic mass is 35.5. The van der Waals surface area contributed by atoms with Crippen LogP contribution in [0.25, 0.3) is 0 Å². The second-order valence-corrected chi connectivity index (χ2v) is 7.96. The minimum Gasteiger partial charge on any atom is -0.369 e. The van der Waals surface area contributed by atoms with Crippen LogP contribution in [0.3, 0.4) is 0 Å². The average Bonchev–Trinajstić information content (AvgIpc) is 2.78. The van der Waals surface area contributed by atoms with Gasteiger partial charge in [0.05, 0.1) is 6.04 Å². The van der Waals surface area contributed by atoms with Gasteiger partial charge >= 0.3 is 11.8 Å². The molecular formula is C23H29ClN4O2. The van der Waals surface area contributed by atoms with Gasteiger partial charge in [-0.05, 0) is 49.7 Å². The van der Waals surface area contributed by atoms with E-state index in [2.05, 4.69) is 32.6 Å². The summed E-state index contributed by atoms with van der Waals surface area (Å²) in [5.41, 5.74) is 2.17. The summed E-state index contributed by atoms with van der Waals surface area (Å²) in [7, 11) is 0. The smallest absolute Gasteiger partial charge is 0.309 e. The lowest BCUT2D eigenvalue weighted by molar-refractivity contribution is -0.139. The Morgan fingerprint density at radius 1 is 0.967 bits per heavy atom. The van der Waals surface area contributed by atoms with Crippen molar-refractivity contribution in [1.29, 1.82) is 0 Å². The third-order valence-electron chi connectivity index (χ3n) is 5.35. The first kappa shape index (κ1) is 22.1. The van der Waals surface area contributed by atoms with Crippen LogP contribution in [0, 0.1) is 0 Å². The molecule has 0 spiro atoms. The normalized spacial score (nSPS) is 15.5. The number of nitrogens with zero attached hydrogens (tertiary/aromatic N) is 2. The average molecular weight is 429 g/mol. The van der Waals surface area contributed by atoms with E-state index in [1.54, 1.807) is 0 Å². The minimum atomic E-state index is -0.595. The maximum Gasteiger partial charge on any atom is 0.309 e. The highest BCUT2D eigenvalue weighted by molar-refractivity contribution is 6.35. The molecule has 2 N–H and O–H groups in total. The van der Waals surface area contributed by atoms with Gasteiger partial charge in [0, 0.05) is 43.4 Å². The summed E-state index contributed by atoms with van der Waals surface area (Å²) in [5, 5.41) is 6.21. The lowest BCUT2D eigenvalue weighted by Crippen LogP contribution is -2.47. The molecule has 0 aromatic heterocycles. The van der Waals surface area contributed by atoms with Crippen molar-refractivity contribution in [1.82, 2.24) is 15.5 Å². The third kappa shape index (κ3) is 6.47. The van der Waals surface area contributed by atoms with Crippen molar-refractivity contribution in [2.45, 2.75) is 19.4 Å². The number of hydrogen-bond donors (Lipinski definition) is 2. The lowest BCUT2D eigenvalue weighted by atomic mass is 10.1. The van der Waals surface area contributed by atoms with Gasteiger partial charge in [-0.25, -0.2) is 0 Å². The highest BCUT2D eigenvalue weighted by Crippen LogP contribution is 2.19. The fourth-order valence-electron chi connectivity index (χ4n) is 3.55. The van der Waals surface area contributed by atoms with Gasteiger partial charge in [0.1, 0.15) is 0 Å². The van der Waals surface area contributed by atoms with Gasteiger partial charge < -0.3 is 15.5 Å². The number of halogens is 1. The van der Waals surface area contributed by atoms with Crippen molar-refractivity contribution in [2.75, 3.05) is 44.2 Å². The molecule has 0 aliphatic carbocycles. The second kappa shape index (κ2) is 11.0. The summed E-state index contributed by atoms with van der Waals surface area (Å²) in [4.78, 5) is 28.8. The first-order chi connectivity index (χ1) is 14.5. The van der Waals surface area contributed by atoms with Gasteiger partial charge in [0.2, 0.25) is 0 Å². The molecule has 7 heteroatoms. The number of piperazine rings is 1. The molecule has 1 unspecified atom stereocenters. The molecule has 1 heterocycles. The summed E-state index contributed by atoms with van der Waals surface area (Å²) < 4.78 is 0. The number of hydrogen-bond acceptors (Lipinski definition) is 4. The van der Waals surface area contributed by atoms with E-state index in [9.17, 15) is 9.59 Å². The van der Waals surface area contributed by atoms with Crippen molar-refractivity contribution >= 4 is 29.1 Å². The fourth-order valence-corrected chi connectivity index (χ4v) is 3.68. The first-order valence-corrected chi connectivity index (χ1v) is 10.8. The van der Waals surface area contributed by atoms with Crippen molar-refractivity contribution in [3.05, 3.63) is 65.2 Å². The quantitative estimate of drug-likeness (QED) is 0.525. The van der Waals surface area contributed by atoms with Crippen LogP contribution in [0.15, 0.2) is 54.6 Å². The maximum absolute atomic E-state index is 12.1. The molecule has 0 radical (unpaired) electrons. The van der Waals surface area contributed by atoms with E-state index in [4.69, 9.17) is 11.6 Å². The first-order valence-electron chi connectivity index (χ1n) is 10.4. The van der Waals surface area contributed by atoms with Gasteiger partial charge in [-0.1, -0.05) is 41.9 Å². The van der Waals surface area contributed by atoms with Crippen LogP contribution in [0.4, 0.5) is 5.69 Å². The number of carbonyl (C=O) groups is 2. The van der Waals surface area contributed by atoms with Crippen molar-refractivity contribution in [3.8, 4) is 0 Å². The zero-order valence-corrected chi connectivity index (χ0v) is 18.1. The zero-order chi connectivity index (χ0) is 21.3. The topological polar surface area (TPSA) is 64.7 Å². The molecule has 1 aliphatic rings. The van der Waals surface area contributed by atoms with E-state index < -0.39 is 11.8 Å². The Hall–Kier alpha value is -2.57. The van der Waals surface area contributed by atoms with E-state index in [1.165, 1.54) is 5.69 Å². The third-order valence-corrected chi connectivity index (χ3v) is 5.61. The molecule has 2 aromatic rings. The summed E-state index contributed by atoms with van der Waals surface area (Å²) in [6.45, 7) is 7.14. The molecule has 160 valence electrons. The summed E-state index contributed by atoms with van der Waals surface area (Å²) >= 11 is 5.96. The monoisotopic (exact) mass is 428 g/mol. The Kier molecular flexibility index (Phi) is 8.11. The molecule has 1 aliphatic heterocycles. The van der Waals surface area contributed by atoms with Crippen molar-refractivity contribution < 1.29 is 9.59 Å². The molecule has 0 saturated carbocycles. The van der Waals surface area contributed by atoms with Crippen LogP contribution in [0.2, 0.25) is 5.02 Å². The molecule has 1 atom stereocenters. The van der Waals surface area contributed by atoms with Crippen LogP contribution in [0.5, 0.6) is 0 Å². The number of anilines is 1. The van der Waals surface area contributed by atoms with Crippen LogP contribution in [-0.2, 0) is 9.59 Å². The molecule has 1 fully saturated rings. The maximum atomic E-state index is 12.1. The van der Waals surface area contributed by atoms with Crippen LogP contribution < -0.4 is 15.5 Å². The minimum absolute atomic E-state index is 0.207. The Morgan fingerprint density at radius 3 is 2.30 bits per heavy atom. The Morgan fingerprint density at radius 2 is 1.63 bits per heavy atom. The van der Waals surface area contributed by atoms with Crippen LogP contribution >= 0.6 is 11.6 Å². The van der Waals surface area contributed by atoms with Gasteiger partial charge in [-0.2, -0.15) is 0 Å².